The number of hydrogen-bond donors (Lipinski definition) is 0. The van der Waals surface area contributed by atoms with Gasteiger partial charge in [0.2, 0.25) is 0 Å². The molecule has 27 heavy (non-hydrogen) atoms. The Morgan fingerprint density at radius 1 is 1.19 bits per heavy atom. The van der Waals surface area contributed by atoms with Crippen LogP contribution in [-0.4, -0.2) is 14.8 Å². The van der Waals surface area contributed by atoms with Crippen molar-refractivity contribution in [2.75, 3.05) is 0 Å². The van der Waals surface area contributed by atoms with E-state index >= 15 is 0 Å². The van der Waals surface area contributed by atoms with Crippen molar-refractivity contribution in [2.24, 2.45) is 0 Å². The van der Waals surface area contributed by atoms with E-state index in [0.717, 1.165) is 39.2 Å². The Bertz CT molecular complexity index is 1210. The van der Waals surface area contributed by atoms with E-state index in [1.807, 2.05) is 24.3 Å². The molecule has 1 aliphatic rings. The van der Waals surface area contributed by atoms with Crippen molar-refractivity contribution in [3.8, 4) is 0 Å². The van der Waals surface area contributed by atoms with Crippen molar-refractivity contribution in [1.82, 2.24) is 14.8 Å². The maximum atomic E-state index is 12.1. The highest BCUT2D eigenvalue weighted by Crippen LogP contribution is 2.40. The van der Waals surface area contributed by atoms with Crippen LogP contribution in [0.5, 0.6) is 0 Å². The number of thioether (sulfide) groups is 1. The van der Waals surface area contributed by atoms with Crippen LogP contribution in [0.1, 0.15) is 37.1 Å². The number of rotatable bonds is 5. The van der Waals surface area contributed by atoms with Crippen LogP contribution in [0.2, 0.25) is 0 Å². The lowest BCUT2D eigenvalue weighted by atomic mass is 10.0. The van der Waals surface area contributed by atoms with Gasteiger partial charge in [-0.2, -0.15) is 0 Å². The summed E-state index contributed by atoms with van der Waals surface area (Å²) in [6.07, 6.45) is 2.41. The van der Waals surface area contributed by atoms with Crippen LogP contribution in [0.15, 0.2) is 56.8 Å². The zero-order valence-electron chi connectivity index (χ0n) is 15.0. The third-order valence-corrected chi connectivity index (χ3v) is 6.09. The van der Waals surface area contributed by atoms with Crippen molar-refractivity contribution >= 4 is 33.5 Å². The fourth-order valence-electron chi connectivity index (χ4n) is 3.62. The van der Waals surface area contributed by atoms with E-state index in [1.165, 1.54) is 12.8 Å². The smallest absolute Gasteiger partial charge is 0.336 e. The number of fused-ring (bicyclic) bond motifs is 3. The molecule has 5 rings (SSSR count). The van der Waals surface area contributed by atoms with Crippen LogP contribution in [-0.2, 0) is 12.3 Å². The van der Waals surface area contributed by atoms with Crippen LogP contribution in [0.25, 0.3) is 21.7 Å². The minimum atomic E-state index is -0.316. The SMILES string of the molecule is CCn1c(SCc2cc(=O)oc3ccc4ccccc4c23)nnc1C1CC1. The van der Waals surface area contributed by atoms with Gasteiger partial charge in [0.05, 0.1) is 0 Å². The minimum Gasteiger partial charge on any atom is -0.423 e. The summed E-state index contributed by atoms with van der Waals surface area (Å²) in [5.41, 5.74) is 1.29. The van der Waals surface area contributed by atoms with Crippen LogP contribution >= 0.6 is 11.8 Å². The van der Waals surface area contributed by atoms with Gasteiger partial charge in [0, 0.05) is 29.7 Å². The predicted molar refractivity (Wildman–Crippen MR) is 107 cm³/mol. The summed E-state index contributed by atoms with van der Waals surface area (Å²) in [6.45, 7) is 2.99. The number of hydrogen-bond acceptors (Lipinski definition) is 5. The monoisotopic (exact) mass is 377 g/mol. The first kappa shape index (κ1) is 16.6. The molecular weight excluding hydrogens is 358 g/mol. The first-order valence-electron chi connectivity index (χ1n) is 9.25. The van der Waals surface area contributed by atoms with Crippen molar-refractivity contribution in [3.05, 3.63) is 64.3 Å². The highest BCUT2D eigenvalue weighted by molar-refractivity contribution is 7.98. The van der Waals surface area contributed by atoms with Gasteiger partial charge >= 0.3 is 5.63 Å². The lowest BCUT2D eigenvalue weighted by Gasteiger charge is -2.09. The number of nitrogens with zero attached hydrogens (tertiary/aromatic N) is 3. The third-order valence-electron chi connectivity index (χ3n) is 5.08. The standard InChI is InChI=1S/C21H19N3O2S/c1-2-24-20(14-7-8-14)22-23-21(24)27-12-15-11-18(25)26-17-10-9-13-5-3-4-6-16(13)19(15)17/h3-6,9-11,14H,2,7-8,12H2,1H3. The Balaban J connectivity index is 1.57. The molecule has 0 unspecified atom stereocenters. The molecule has 4 aromatic rings. The predicted octanol–water partition coefficient (Wildman–Crippen LogP) is 4.73. The van der Waals surface area contributed by atoms with Crippen LogP contribution in [0.3, 0.4) is 0 Å². The lowest BCUT2D eigenvalue weighted by molar-refractivity contribution is 0.560. The summed E-state index contributed by atoms with van der Waals surface area (Å²) < 4.78 is 7.66. The van der Waals surface area contributed by atoms with Gasteiger partial charge in [0.15, 0.2) is 5.16 Å². The molecule has 6 heteroatoms. The third kappa shape index (κ3) is 2.94. The largest absolute Gasteiger partial charge is 0.423 e. The maximum absolute atomic E-state index is 12.1. The van der Waals surface area contributed by atoms with Gasteiger partial charge in [0.1, 0.15) is 11.4 Å². The lowest BCUT2D eigenvalue weighted by Crippen LogP contribution is -2.03. The van der Waals surface area contributed by atoms with Crippen molar-refractivity contribution < 1.29 is 4.42 Å². The van der Waals surface area contributed by atoms with Crippen LogP contribution in [0, 0.1) is 0 Å². The van der Waals surface area contributed by atoms with Gasteiger partial charge in [-0.05, 0) is 42.2 Å². The molecule has 0 bridgehead atoms. The summed E-state index contributed by atoms with van der Waals surface area (Å²) in [5, 5.41) is 13.0. The Kier molecular flexibility index (Phi) is 4.01. The van der Waals surface area contributed by atoms with Gasteiger partial charge in [0.25, 0.3) is 0 Å². The number of aromatic nitrogens is 3. The first-order chi connectivity index (χ1) is 13.2. The molecule has 2 heterocycles. The molecule has 5 nitrogen and oxygen atoms in total. The second-order valence-electron chi connectivity index (χ2n) is 6.90. The normalized spacial score (nSPS) is 14.3. The topological polar surface area (TPSA) is 60.9 Å². The van der Waals surface area contributed by atoms with Crippen LogP contribution < -0.4 is 5.63 Å². The average Bonchev–Trinajstić information content (AvgIpc) is 3.45. The Labute approximate surface area is 160 Å². The zero-order chi connectivity index (χ0) is 18.4. The minimum absolute atomic E-state index is 0.316. The molecule has 0 aliphatic heterocycles. The summed E-state index contributed by atoms with van der Waals surface area (Å²) >= 11 is 1.63. The van der Waals surface area contributed by atoms with Gasteiger partial charge in [-0.25, -0.2) is 4.79 Å². The highest BCUT2D eigenvalue weighted by Gasteiger charge is 2.30. The molecule has 1 aliphatic carbocycles. The molecule has 0 radical (unpaired) electrons. The van der Waals surface area contributed by atoms with Crippen molar-refractivity contribution in [3.63, 3.8) is 0 Å². The van der Waals surface area contributed by atoms with Crippen molar-refractivity contribution in [1.29, 1.82) is 0 Å². The van der Waals surface area contributed by atoms with E-state index in [2.05, 4.69) is 33.8 Å². The fraction of sp³-hybridized carbons (Fsp3) is 0.286. The second-order valence-corrected chi connectivity index (χ2v) is 7.84. The number of benzene rings is 2. The second kappa shape index (κ2) is 6.53. The molecule has 0 amide bonds. The van der Waals surface area contributed by atoms with E-state index < -0.39 is 0 Å². The Morgan fingerprint density at radius 2 is 2.04 bits per heavy atom. The van der Waals surface area contributed by atoms with Crippen molar-refractivity contribution in [2.45, 2.75) is 43.1 Å². The first-order valence-corrected chi connectivity index (χ1v) is 10.2. The highest BCUT2D eigenvalue weighted by atomic mass is 32.2. The Hall–Kier alpha value is -2.60. The van der Waals surface area contributed by atoms with E-state index in [0.29, 0.717) is 17.3 Å². The van der Waals surface area contributed by atoms with Gasteiger partial charge in [-0.15, -0.1) is 10.2 Å². The molecule has 0 saturated heterocycles. The van der Waals surface area contributed by atoms with Gasteiger partial charge in [-0.3, -0.25) is 0 Å². The van der Waals surface area contributed by atoms with Gasteiger partial charge < -0.3 is 8.98 Å². The summed E-state index contributed by atoms with van der Waals surface area (Å²) in [5.74, 6) is 2.32. The zero-order valence-corrected chi connectivity index (χ0v) is 15.8. The molecule has 2 aromatic heterocycles. The van der Waals surface area contributed by atoms with E-state index in [9.17, 15) is 4.79 Å². The molecule has 136 valence electrons. The molecule has 0 spiro atoms. The summed E-state index contributed by atoms with van der Waals surface area (Å²) in [7, 11) is 0. The van der Waals surface area contributed by atoms with E-state index in [-0.39, 0.29) is 5.63 Å². The molecular formula is C21H19N3O2S. The van der Waals surface area contributed by atoms with Gasteiger partial charge in [-0.1, -0.05) is 42.1 Å². The molecule has 0 atom stereocenters. The van der Waals surface area contributed by atoms with E-state index in [1.54, 1.807) is 17.8 Å². The average molecular weight is 377 g/mol. The molecule has 1 saturated carbocycles. The molecule has 0 N–H and O–H groups in total. The van der Waals surface area contributed by atoms with E-state index in [4.69, 9.17) is 4.42 Å². The quantitative estimate of drug-likeness (QED) is 0.286. The summed E-state index contributed by atoms with van der Waals surface area (Å²) in [4.78, 5) is 12.1. The molecule has 2 aromatic carbocycles. The maximum Gasteiger partial charge on any atom is 0.336 e. The molecule has 1 fully saturated rings. The fourth-order valence-corrected chi connectivity index (χ4v) is 4.61. The summed E-state index contributed by atoms with van der Waals surface area (Å²) in [6, 6.07) is 13.7. The Morgan fingerprint density at radius 3 is 2.85 bits per heavy atom. The van der Waals surface area contributed by atoms with Crippen LogP contribution in [0.4, 0.5) is 0 Å².